The molecule has 0 aliphatic rings. The third kappa shape index (κ3) is 4.17. The Morgan fingerprint density at radius 2 is 1.93 bits per heavy atom. The first-order valence-corrected chi connectivity index (χ1v) is 9.98. The molecule has 0 unspecified atom stereocenters. The zero-order valence-electron chi connectivity index (χ0n) is 15.5. The number of benzene rings is 2. The number of sulfonamides is 1. The van der Waals surface area contributed by atoms with Crippen molar-refractivity contribution in [2.75, 3.05) is 19.4 Å². The van der Waals surface area contributed by atoms with Gasteiger partial charge in [0.25, 0.3) is 0 Å². The summed E-state index contributed by atoms with van der Waals surface area (Å²) < 4.78 is 25.9. The van der Waals surface area contributed by atoms with Gasteiger partial charge in [-0.1, -0.05) is 18.2 Å². The second-order valence-corrected chi connectivity index (χ2v) is 8.64. The summed E-state index contributed by atoms with van der Waals surface area (Å²) in [5, 5.41) is 2.76. The highest BCUT2D eigenvalue weighted by Gasteiger charge is 2.20. The Labute approximate surface area is 158 Å². The number of aromatic amines is 1. The molecule has 0 spiro atoms. The van der Waals surface area contributed by atoms with Crippen LogP contribution in [-0.4, -0.2) is 42.7 Å². The van der Waals surface area contributed by atoms with Crippen molar-refractivity contribution in [3.63, 3.8) is 0 Å². The van der Waals surface area contributed by atoms with E-state index in [1.807, 2.05) is 24.3 Å². The van der Waals surface area contributed by atoms with E-state index in [9.17, 15) is 13.2 Å². The lowest BCUT2D eigenvalue weighted by Gasteiger charge is -2.15. The number of aryl methyl sites for hydroxylation is 2. The molecule has 0 bridgehead atoms. The topological polar surface area (TPSA) is 95.2 Å². The molecule has 2 aromatic carbocycles. The maximum Gasteiger partial charge on any atom is 0.242 e. The van der Waals surface area contributed by atoms with Crippen LogP contribution in [0.15, 0.2) is 47.4 Å². The summed E-state index contributed by atoms with van der Waals surface area (Å²) in [7, 11) is -0.610. The smallest absolute Gasteiger partial charge is 0.242 e. The second kappa shape index (κ2) is 7.50. The molecule has 0 atom stereocenters. The molecule has 142 valence electrons. The summed E-state index contributed by atoms with van der Waals surface area (Å²) in [6.45, 7) is 1.73. The first-order valence-electron chi connectivity index (χ1n) is 8.54. The average molecular weight is 386 g/mol. The third-order valence-corrected chi connectivity index (χ3v) is 6.21. The number of aromatic nitrogens is 2. The minimum atomic E-state index is -3.57. The molecule has 1 heterocycles. The molecule has 0 aliphatic heterocycles. The van der Waals surface area contributed by atoms with Crippen LogP contribution in [0.2, 0.25) is 0 Å². The van der Waals surface area contributed by atoms with Crippen LogP contribution < -0.4 is 5.32 Å². The number of carbonyl (C=O) groups excluding carboxylic acids is 1. The van der Waals surface area contributed by atoms with Gasteiger partial charge in [-0.2, -0.15) is 0 Å². The van der Waals surface area contributed by atoms with Crippen LogP contribution in [0.3, 0.4) is 0 Å². The van der Waals surface area contributed by atoms with Crippen molar-refractivity contribution in [2.24, 2.45) is 0 Å². The van der Waals surface area contributed by atoms with Crippen molar-refractivity contribution in [1.82, 2.24) is 14.3 Å². The molecule has 27 heavy (non-hydrogen) atoms. The molecule has 1 aromatic heterocycles. The van der Waals surface area contributed by atoms with Crippen LogP contribution in [0, 0.1) is 6.92 Å². The molecule has 0 saturated carbocycles. The molecule has 0 fully saturated rings. The molecule has 0 aliphatic carbocycles. The van der Waals surface area contributed by atoms with Crippen LogP contribution in [0.1, 0.15) is 17.8 Å². The van der Waals surface area contributed by atoms with Gasteiger partial charge in [0.1, 0.15) is 5.82 Å². The van der Waals surface area contributed by atoms with Gasteiger partial charge in [-0.15, -0.1) is 0 Å². The molecular formula is C19H22N4O3S. The lowest BCUT2D eigenvalue weighted by atomic mass is 10.2. The number of nitrogens with zero attached hydrogens (tertiary/aromatic N) is 2. The highest BCUT2D eigenvalue weighted by molar-refractivity contribution is 7.89. The molecule has 8 heteroatoms. The Balaban J connectivity index is 1.69. The van der Waals surface area contributed by atoms with Crippen LogP contribution in [-0.2, 0) is 21.2 Å². The highest BCUT2D eigenvalue weighted by Crippen LogP contribution is 2.22. The van der Waals surface area contributed by atoms with E-state index in [1.54, 1.807) is 19.1 Å². The van der Waals surface area contributed by atoms with Crippen molar-refractivity contribution in [1.29, 1.82) is 0 Å². The van der Waals surface area contributed by atoms with Crippen molar-refractivity contribution in [3.8, 4) is 0 Å². The first kappa shape index (κ1) is 19.1. The van der Waals surface area contributed by atoms with Gasteiger partial charge in [-0.05, 0) is 36.8 Å². The zero-order valence-corrected chi connectivity index (χ0v) is 16.3. The van der Waals surface area contributed by atoms with E-state index >= 15 is 0 Å². The summed E-state index contributed by atoms with van der Waals surface area (Å²) >= 11 is 0. The van der Waals surface area contributed by atoms with E-state index in [0.717, 1.165) is 21.2 Å². The summed E-state index contributed by atoms with van der Waals surface area (Å²) in [5.41, 5.74) is 2.88. The van der Waals surface area contributed by atoms with Crippen LogP contribution in [0.4, 0.5) is 5.69 Å². The van der Waals surface area contributed by atoms with E-state index in [2.05, 4.69) is 15.3 Å². The fraction of sp³-hybridized carbons (Fsp3) is 0.263. The van der Waals surface area contributed by atoms with Gasteiger partial charge >= 0.3 is 0 Å². The molecule has 2 N–H and O–H groups in total. The first-order chi connectivity index (χ1) is 12.8. The standard InChI is InChI=1S/C19H22N4O3S/c1-13-8-9-14(12-17(13)27(25,26)23(2)3)20-19(24)11-10-18-21-15-6-4-5-7-16(15)22-18/h4-9,12H,10-11H2,1-3H3,(H,20,24)(H,21,22). The lowest BCUT2D eigenvalue weighted by Crippen LogP contribution is -2.23. The Kier molecular flexibility index (Phi) is 5.29. The van der Waals surface area contributed by atoms with E-state index in [4.69, 9.17) is 0 Å². The number of rotatable bonds is 6. The number of fused-ring (bicyclic) bond motifs is 1. The van der Waals surface area contributed by atoms with Gasteiger partial charge in [-0.25, -0.2) is 17.7 Å². The molecule has 3 aromatic rings. The summed E-state index contributed by atoms with van der Waals surface area (Å²) in [6.07, 6.45) is 0.707. The predicted octanol–water partition coefficient (Wildman–Crippen LogP) is 2.69. The third-order valence-electron chi connectivity index (χ3n) is 4.26. The lowest BCUT2D eigenvalue weighted by molar-refractivity contribution is -0.116. The number of anilines is 1. The van der Waals surface area contributed by atoms with Crippen molar-refractivity contribution >= 4 is 32.7 Å². The number of para-hydroxylation sites is 2. The van der Waals surface area contributed by atoms with Gasteiger partial charge in [0.2, 0.25) is 15.9 Å². The van der Waals surface area contributed by atoms with Gasteiger partial charge in [-0.3, -0.25) is 4.79 Å². The Morgan fingerprint density at radius 1 is 1.19 bits per heavy atom. The Bertz CT molecular complexity index is 1050. The minimum absolute atomic E-state index is 0.183. The van der Waals surface area contributed by atoms with E-state index in [-0.39, 0.29) is 17.2 Å². The number of carbonyl (C=O) groups is 1. The maximum atomic E-state index is 12.4. The quantitative estimate of drug-likeness (QED) is 0.681. The van der Waals surface area contributed by atoms with Gasteiger partial charge in [0.15, 0.2) is 0 Å². The largest absolute Gasteiger partial charge is 0.342 e. The van der Waals surface area contributed by atoms with E-state index in [1.165, 1.54) is 20.2 Å². The molecule has 3 rings (SSSR count). The van der Waals surface area contributed by atoms with Crippen molar-refractivity contribution in [2.45, 2.75) is 24.7 Å². The van der Waals surface area contributed by atoms with Crippen LogP contribution in [0.25, 0.3) is 11.0 Å². The number of hydrogen-bond donors (Lipinski definition) is 2. The normalized spacial score (nSPS) is 11.9. The van der Waals surface area contributed by atoms with Gasteiger partial charge < -0.3 is 10.3 Å². The van der Waals surface area contributed by atoms with Crippen LogP contribution in [0.5, 0.6) is 0 Å². The van der Waals surface area contributed by atoms with Crippen molar-refractivity contribution < 1.29 is 13.2 Å². The number of hydrogen-bond acceptors (Lipinski definition) is 4. The highest BCUT2D eigenvalue weighted by atomic mass is 32.2. The molecule has 1 amide bonds. The molecule has 0 radical (unpaired) electrons. The average Bonchev–Trinajstić information content (AvgIpc) is 3.04. The molecule has 7 nitrogen and oxygen atoms in total. The number of H-pyrrole nitrogens is 1. The van der Waals surface area contributed by atoms with Crippen molar-refractivity contribution in [3.05, 3.63) is 53.9 Å². The predicted molar refractivity (Wildman–Crippen MR) is 105 cm³/mol. The maximum absolute atomic E-state index is 12.4. The fourth-order valence-corrected chi connectivity index (χ4v) is 3.88. The van der Waals surface area contributed by atoms with E-state index in [0.29, 0.717) is 17.7 Å². The Morgan fingerprint density at radius 3 is 2.63 bits per heavy atom. The fourth-order valence-electron chi connectivity index (χ4n) is 2.73. The summed E-state index contributed by atoms with van der Waals surface area (Å²) in [4.78, 5) is 20.1. The molecule has 0 saturated heterocycles. The minimum Gasteiger partial charge on any atom is -0.342 e. The second-order valence-electron chi connectivity index (χ2n) is 6.52. The SMILES string of the molecule is Cc1ccc(NC(=O)CCc2nc3ccccc3[nH]2)cc1S(=O)(=O)N(C)C. The Hall–Kier alpha value is -2.71. The summed E-state index contributed by atoms with van der Waals surface area (Å²) in [5.74, 6) is 0.540. The zero-order chi connectivity index (χ0) is 19.6. The van der Waals surface area contributed by atoms with Crippen LogP contribution >= 0.6 is 0 Å². The van der Waals surface area contributed by atoms with Gasteiger partial charge in [0.05, 0.1) is 15.9 Å². The number of imidazole rings is 1. The number of nitrogens with one attached hydrogen (secondary N) is 2. The molecular weight excluding hydrogens is 364 g/mol. The summed E-state index contributed by atoms with van der Waals surface area (Å²) in [6, 6.07) is 12.6. The number of amides is 1. The van der Waals surface area contributed by atoms with E-state index < -0.39 is 10.0 Å². The monoisotopic (exact) mass is 386 g/mol. The van der Waals surface area contributed by atoms with Gasteiger partial charge in [0, 0.05) is 32.6 Å².